The van der Waals surface area contributed by atoms with Gasteiger partial charge >= 0.3 is 17.9 Å². The van der Waals surface area contributed by atoms with Crippen LogP contribution in [0.3, 0.4) is 0 Å². The standard InChI is InChI=1S/C77H122O6/c1-4-7-10-13-16-19-22-25-28-31-34-36-38-40-43-46-49-52-55-58-61-64-67-70-76(79)82-73-74(72-81-75(78)69-66-63-60-57-54-51-48-45-42-33-30-27-24-21-18-15-12-9-6-3)83-77(80)71-68-65-62-59-56-53-50-47-44-41-39-37-35-32-29-26-23-20-17-14-11-8-5-2/h7-12,16-21,25-30,34-37,40,42-43,45,51,54,74H,4-6,13-15,22-24,31-33,38-39,41,44,46-50,52-53,55-73H2,1-3H3/b10-7-,11-8-,12-9-,19-16-,20-17-,21-18-,28-25-,29-26-,30-27-,36-34-,37-35-,43-40-,45-42-,54-51-. The zero-order valence-electron chi connectivity index (χ0n) is 53.4. The topological polar surface area (TPSA) is 78.9 Å². The van der Waals surface area contributed by atoms with Gasteiger partial charge in [0.1, 0.15) is 13.2 Å². The first kappa shape index (κ1) is 77.8. The van der Waals surface area contributed by atoms with Gasteiger partial charge in [-0.15, -0.1) is 0 Å². The first-order chi connectivity index (χ1) is 41.0. The fourth-order valence-corrected chi connectivity index (χ4v) is 8.78. The zero-order chi connectivity index (χ0) is 59.9. The molecule has 83 heavy (non-hydrogen) atoms. The van der Waals surface area contributed by atoms with E-state index in [4.69, 9.17) is 14.2 Å². The Morgan fingerprint density at radius 1 is 0.241 bits per heavy atom. The van der Waals surface area contributed by atoms with E-state index in [0.717, 1.165) is 161 Å². The summed E-state index contributed by atoms with van der Waals surface area (Å²) >= 11 is 0. The summed E-state index contributed by atoms with van der Waals surface area (Å²) in [6.07, 6.45) is 102. The van der Waals surface area contributed by atoms with Gasteiger partial charge in [-0.1, -0.05) is 281 Å². The second-order valence-corrected chi connectivity index (χ2v) is 21.6. The minimum absolute atomic E-state index is 0.104. The highest BCUT2D eigenvalue weighted by atomic mass is 16.6. The van der Waals surface area contributed by atoms with E-state index in [1.807, 2.05) is 0 Å². The Morgan fingerprint density at radius 3 is 0.687 bits per heavy atom. The summed E-state index contributed by atoms with van der Waals surface area (Å²) in [5, 5.41) is 0. The van der Waals surface area contributed by atoms with Crippen LogP contribution in [0.4, 0.5) is 0 Å². The monoisotopic (exact) mass is 1140 g/mol. The van der Waals surface area contributed by atoms with Crippen molar-refractivity contribution in [3.05, 3.63) is 170 Å². The summed E-state index contributed by atoms with van der Waals surface area (Å²) < 4.78 is 16.9. The highest BCUT2D eigenvalue weighted by molar-refractivity contribution is 5.71. The minimum atomic E-state index is -0.811. The second kappa shape index (κ2) is 69.3. The number of carbonyl (C=O) groups is 3. The number of allylic oxidation sites excluding steroid dienone is 28. The highest BCUT2D eigenvalue weighted by Gasteiger charge is 2.19. The molecule has 0 aromatic rings. The van der Waals surface area contributed by atoms with Crippen molar-refractivity contribution in [3.63, 3.8) is 0 Å². The Labute approximate surface area is 511 Å². The number of carbonyl (C=O) groups excluding carboxylic acids is 3. The number of unbranched alkanes of at least 4 members (excludes halogenated alkanes) is 20. The molecule has 0 saturated carbocycles. The molecule has 0 N–H and O–H groups in total. The van der Waals surface area contributed by atoms with Crippen LogP contribution in [0.25, 0.3) is 0 Å². The molecule has 0 aromatic carbocycles. The molecule has 0 aliphatic carbocycles. The van der Waals surface area contributed by atoms with Crippen LogP contribution in [0.5, 0.6) is 0 Å². The molecule has 0 radical (unpaired) electrons. The summed E-state index contributed by atoms with van der Waals surface area (Å²) in [6, 6.07) is 0. The number of ether oxygens (including phenoxy) is 3. The van der Waals surface area contributed by atoms with Crippen molar-refractivity contribution < 1.29 is 28.6 Å². The fourth-order valence-electron chi connectivity index (χ4n) is 8.78. The number of hydrogen-bond acceptors (Lipinski definition) is 6. The van der Waals surface area contributed by atoms with E-state index in [2.05, 4.69) is 191 Å². The normalized spacial score (nSPS) is 13.2. The van der Waals surface area contributed by atoms with Crippen LogP contribution in [0.1, 0.15) is 278 Å². The van der Waals surface area contributed by atoms with Crippen LogP contribution in [-0.2, 0) is 28.6 Å². The molecule has 0 amide bonds. The van der Waals surface area contributed by atoms with E-state index in [1.165, 1.54) is 77.0 Å². The summed E-state index contributed by atoms with van der Waals surface area (Å²) in [5.41, 5.74) is 0. The predicted octanol–water partition coefficient (Wildman–Crippen LogP) is 23.4. The summed E-state index contributed by atoms with van der Waals surface area (Å²) in [6.45, 7) is 6.27. The Hall–Kier alpha value is -5.23. The maximum absolute atomic E-state index is 13.0. The van der Waals surface area contributed by atoms with Gasteiger partial charge in [0.15, 0.2) is 6.10 Å². The third kappa shape index (κ3) is 67.4. The number of rotatable bonds is 59. The molecule has 1 atom stereocenters. The van der Waals surface area contributed by atoms with Gasteiger partial charge in [-0.3, -0.25) is 14.4 Å². The van der Waals surface area contributed by atoms with Crippen LogP contribution < -0.4 is 0 Å². The molecule has 0 fully saturated rings. The van der Waals surface area contributed by atoms with Gasteiger partial charge in [0.2, 0.25) is 0 Å². The van der Waals surface area contributed by atoms with E-state index in [9.17, 15) is 14.4 Å². The van der Waals surface area contributed by atoms with Crippen molar-refractivity contribution in [3.8, 4) is 0 Å². The molecule has 6 nitrogen and oxygen atoms in total. The van der Waals surface area contributed by atoms with Crippen LogP contribution >= 0.6 is 0 Å². The molecular weight excluding hydrogens is 1020 g/mol. The van der Waals surface area contributed by atoms with Crippen molar-refractivity contribution in [1.29, 1.82) is 0 Å². The molecule has 0 aliphatic heterocycles. The molecule has 0 aromatic heterocycles. The Kier molecular flexibility index (Phi) is 64.9. The average Bonchev–Trinajstić information content (AvgIpc) is 3.49. The minimum Gasteiger partial charge on any atom is -0.462 e. The van der Waals surface area contributed by atoms with Crippen LogP contribution in [-0.4, -0.2) is 37.2 Å². The van der Waals surface area contributed by atoms with Gasteiger partial charge in [-0.05, 0) is 148 Å². The zero-order valence-corrected chi connectivity index (χ0v) is 53.4. The van der Waals surface area contributed by atoms with E-state index in [-0.39, 0.29) is 31.1 Å². The van der Waals surface area contributed by atoms with Crippen LogP contribution in [0, 0.1) is 0 Å². The second-order valence-electron chi connectivity index (χ2n) is 21.6. The maximum Gasteiger partial charge on any atom is 0.306 e. The first-order valence-corrected chi connectivity index (χ1v) is 33.6. The molecule has 0 bridgehead atoms. The number of esters is 3. The lowest BCUT2D eigenvalue weighted by atomic mass is 10.0. The fraction of sp³-hybridized carbons (Fsp3) is 0.597. The molecular formula is C77H122O6. The lowest BCUT2D eigenvalue weighted by Gasteiger charge is -2.18. The smallest absolute Gasteiger partial charge is 0.306 e. The Balaban J connectivity index is 4.50. The van der Waals surface area contributed by atoms with Crippen molar-refractivity contribution in [2.24, 2.45) is 0 Å². The molecule has 0 spiro atoms. The van der Waals surface area contributed by atoms with Crippen LogP contribution in [0.15, 0.2) is 170 Å². The summed E-state index contributed by atoms with van der Waals surface area (Å²) in [5.74, 6) is -0.952. The van der Waals surface area contributed by atoms with E-state index < -0.39 is 6.10 Å². The molecule has 0 heterocycles. The van der Waals surface area contributed by atoms with Gasteiger partial charge in [0.25, 0.3) is 0 Å². The quantitative estimate of drug-likeness (QED) is 0.0261. The van der Waals surface area contributed by atoms with E-state index in [0.29, 0.717) is 19.3 Å². The van der Waals surface area contributed by atoms with Gasteiger partial charge in [-0.2, -0.15) is 0 Å². The highest BCUT2D eigenvalue weighted by Crippen LogP contribution is 2.15. The summed E-state index contributed by atoms with van der Waals surface area (Å²) in [7, 11) is 0. The Morgan fingerprint density at radius 2 is 0.434 bits per heavy atom. The largest absolute Gasteiger partial charge is 0.462 e. The third-order valence-electron chi connectivity index (χ3n) is 13.7. The lowest BCUT2D eigenvalue weighted by molar-refractivity contribution is -0.167. The maximum atomic E-state index is 13.0. The molecule has 0 rings (SSSR count). The van der Waals surface area contributed by atoms with Crippen molar-refractivity contribution in [2.45, 2.75) is 284 Å². The van der Waals surface area contributed by atoms with Gasteiger partial charge < -0.3 is 14.2 Å². The van der Waals surface area contributed by atoms with E-state index >= 15 is 0 Å². The van der Waals surface area contributed by atoms with Crippen molar-refractivity contribution in [1.82, 2.24) is 0 Å². The molecule has 6 heteroatoms. The third-order valence-corrected chi connectivity index (χ3v) is 13.7. The van der Waals surface area contributed by atoms with Crippen LogP contribution in [0.2, 0.25) is 0 Å². The Bertz CT molecular complexity index is 1890. The first-order valence-electron chi connectivity index (χ1n) is 33.6. The molecule has 466 valence electrons. The van der Waals surface area contributed by atoms with Gasteiger partial charge in [0.05, 0.1) is 0 Å². The molecule has 0 aliphatic rings. The van der Waals surface area contributed by atoms with Crippen molar-refractivity contribution in [2.75, 3.05) is 13.2 Å². The molecule has 1 unspecified atom stereocenters. The lowest BCUT2D eigenvalue weighted by Crippen LogP contribution is -2.30. The molecule has 0 saturated heterocycles. The average molecular weight is 1140 g/mol. The SMILES string of the molecule is CC/C=C\C/C=C\C/C=C\C/C=C\C/C=C\CCCCCCCCCC(=O)OCC(COC(=O)CCCCC/C=C\C/C=C\C/C=C\C/C=C\C/C=C\CC)OC(=O)CCCCCCCCCCCC/C=C\C/C=C\C/C=C\C/C=C\CC. The van der Waals surface area contributed by atoms with Crippen molar-refractivity contribution >= 4 is 17.9 Å². The van der Waals surface area contributed by atoms with E-state index in [1.54, 1.807) is 0 Å². The summed E-state index contributed by atoms with van der Waals surface area (Å²) in [4.78, 5) is 38.5. The number of hydrogen-bond donors (Lipinski definition) is 0. The predicted molar refractivity (Wildman–Crippen MR) is 361 cm³/mol. The van der Waals surface area contributed by atoms with Gasteiger partial charge in [-0.25, -0.2) is 0 Å². The van der Waals surface area contributed by atoms with Gasteiger partial charge in [0, 0.05) is 19.3 Å².